The molecule has 5 heteroatoms. The van der Waals surface area contributed by atoms with Crippen LogP contribution in [-0.2, 0) is 5.33 Å². The number of fused-ring (bicyclic) bond motifs is 1. The molecule has 0 spiro atoms. The summed E-state index contributed by atoms with van der Waals surface area (Å²) >= 11 is 6.87. The largest absolute Gasteiger partial charge is 0.369 e. The molecule has 2 aromatic rings. The summed E-state index contributed by atoms with van der Waals surface area (Å²) in [6, 6.07) is 3.98. The van der Waals surface area contributed by atoms with Gasteiger partial charge in [0.2, 0.25) is 0 Å². The van der Waals surface area contributed by atoms with Crippen molar-refractivity contribution in [3.8, 4) is 0 Å². The minimum atomic E-state index is 0.452. The number of aromatic amines is 1. The maximum absolute atomic E-state index is 5.54. The molecule has 0 atom stereocenters. The van der Waals surface area contributed by atoms with Gasteiger partial charge in [0.15, 0.2) is 5.95 Å². The Morgan fingerprint density at radius 1 is 1.46 bits per heavy atom. The lowest BCUT2D eigenvalue weighted by atomic mass is 10.2. The number of H-pyrrole nitrogens is 1. The quantitative estimate of drug-likeness (QED) is 0.796. The molecule has 68 valence electrons. The Bertz CT molecular complexity index is 450. The highest BCUT2D eigenvalue weighted by atomic mass is 79.9. The molecule has 0 bridgehead atoms. The van der Waals surface area contributed by atoms with E-state index in [1.54, 1.807) is 0 Å². The molecule has 0 aliphatic heterocycles. The second-order valence-electron chi connectivity index (χ2n) is 2.72. The van der Waals surface area contributed by atoms with Crippen LogP contribution in [0.25, 0.3) is 11.0 Å². The van der Waals surface area contributed by atoms with E-state index in [0.717, 1.165) is 20.8 Å². The zero-order valence-electron chi connectivity index (χ0n) is 6.64. The Labute approximate surface area is 92.0 Å². The number of alkyl halides is 1. The zero-order valence-corrected chi connectivity index (χ0v) is 9.81. The van der Waals surface area contributed by atoms with E-state index in [1.165, 1.54) is 5.56 Å². The van der Waals surface area contributed by atoms with Crippen molar-refractivity contribution >= 4 is 48.8 Å². The minimum Gasteiger partial charge on any atom is -0.369 e. The number of rotatable bonds is 1. The Kier molecular flexibility index (Phi) is 2.29. The average molecular weight is 305 g/mol. The van der Waals surface area contributed by atoms with Crippen LogP contribution in [-0.4, -0.2) is 9.97 Å². The first-order valence-electron chi connectivity index (χ1n) is 3.70. The number of anilines is 1. The molecule has 1 aromatic heterocycles. The van der Waals surface area contributed by atoms with Gasteiger partial charge in [-0.3, -0.25) is 0 Å². The summed E-state index contributed by atoms with van der Waals surface area (Å²) in [5, 5.41) is 0.808. The lowest BCUT2D eigenvalue weighted by molar-refractivity contribution is 1.35. The topological polar surface area (TPSA) is 54.7 Å². The van der Waals surface area contributed by atoms with Crippen molar-refractivity contribution in [3.63, 3.8) is 0 Å². The highest BCUT2D eigenvalue weighted by Crippen LogP contribution is 2.25. The molecule has 1 aromatic carbocycles. The highest BCUT2D eigenvalue weighted by Gasteiger charge is 2.04. The van der Waals surface area contributed by atoms with Crippen LogP contribution >= 0.6 is 31.9 Å². The highest BCUT2D eigenvalue weighted by molar-refractivity contribution is 9.10. The summed E-state index contributed by atoms with van der Waals surface area (Å²) in [7, 11) is 0. The third kappa shape index (κ3) is 1.58. The van der Waals surface area contributed by atoms with Crippen molar-refractivity contribution in [2.45, 2.75) is 5.33 Å². The standard InChI is InChI=1S/C8H7Br2N3/c9-3-4-1-6-7(2-5(4)10)13-8(11)12-6/h1-2H,3H2,(H3,11,12,13). The van der Waals surface area contributed by atoms with Crippen molar-refractivity contribution in [2.75, 3.05) is 5.73 Å². The first-order valence-corrected chi connectivity index (χ1v) is 5.61. The number of imidazole rings is 1. The number of benzene rings is 1. The number of nitrogens with two attached hydrogens (primary N) is 1. The van der Waals surface area contributed by atoms with E-state index in [0.29, 0.717) is 5.95 Å². The van der Waals surface area contributed by atoms with Gasteiger partial charge in [0.05, 0.1) is 11.0 Å². The fourth-order valence-electron chi connectivity index (χ4n) is 1.20. The lowest BCUT2D eigenvalue weighted by Gasteiger charge is -1.98. The average Bonchev–Trinajstić information content (AvgIpc) is 2.42. The molecule has 0 saturated carbocycles. The number of hydrogen-bond donors (Lipinski definition) is 2. The molecule has 3 nitrogen and oxygen atoms in total. The predicted octanol–water partition coefficient (Wildman–Crippen LogP) is 2.80. The molecule has 1 heterocycles. The Balaban J connectivity index is 2.72. The zero-order chi connectivity index (χ0) is 9.42. The monoisotopic (exact) mass is 303 g/mol. The van der Waals surface area contributed by atoms with Crippen LogP contribution in [0, 0.1) is 0 Å². The molecular weight excluding hydrogens is 298 g/mol. The van der Waals surface area contributed by atoms with Crippen LogP contribution in [0.5, 0.6) is 0 Å². The maximum Gasteiger partial charge on any atom is 0.198 e. The molecule has 0 amide bonds. The van der Waals surface area contributed by atoms with Crippen LogP contribution in [0.15, 0.2) is 16.6 Å². The van der Waals surface area contributed by atoms with Crippen molar-refractivity contribution in [1.29, 1.82) is 0 Å². The van der Waals surface area contributed by atoms with Gasteiger partial charge in [-0.1, -0.05) is 31.9 Å². The third-order valence-electron chi connectivity index (χ3n) is 1.81. The molecule has 0 unspecified atom stereocenters. The molecule has 0 radical (unpaired) electrons. The molecule has 0 fully saturated rings. The van der Waals surface area contributed by atoms with Gasteiger partial charge in [-0.25, -0.2) is 4.98 Å². The summed E-state index contributed by atoms with van der Waals surface area (Å²) in [6.07, 6.45) is 0. The smallest absolute Gasteiger partial charge is 0.198 e. The van der Waals surface area contributed by atoms with Crippen LogP contribution in [0.1, 0.15) is 5.56 Å². The summed E-state index contributed by atoms with van der Waals surface area (Å²) < 4.78 is 1.04. The fourth-order valence-corrected chi connectivity index (χ4v) is 2.51. The number of nitrogens with zero attached hydrogens (tertiary/aromatic N) is 1. The van der Waals surface area contributed by atoms with Gasteiger partial charge in [-0.2, -0.15) is 0 Å². The molecule has 2 rings (SSSR count). The summed E-state index contributed by atoms with van der Waals surface area (Å²) in [5.74, 6) is 0.452. The molecular formula is C8H7Br2N3. The SMILES string of the molecule is Nc1nc2cc(Br)c(CBr)cc2[nH]1. The van der Waals surface area contributed by atoms with Crippen LogP contribution in [0.3, 0.4) is 0 Å². The van der Waals surface area contributed by atoms with Gasteiger partial charge < -0.3 is 10.7 Å². The van der Waals surface area contributed by atoms with Gasteiger partial charge in [0, 0.05) is 9.80 Å². The first kappa shape index (κ1) is 9.02. The van der Waals surface area contributed by atoms with Crippen molar-refractivity contribution in [2.24, 2.45) is 0 Å². The number of hydrogen-bond acceptors (Lipinski definition) is 2. The molecule has 0 aliphatic carbocycles. The van der Waals surface area contributed by atoms with Crippen LogP contribution < -0.4 is 5.73 Å². The van der Waals surface area contributed by atoms with E-state index >= 15 is 0 Å². The van der Waals surface area contributed by atoms with Gasteiger partial charge in [0.25, 0.3) is 0 Å². The molecule has 0 saturated heterocycles. The summed E-state index contributed by atoms with van der Waals surface area (Å²) in [5.41, 5.74) is 8.57. The summed E-state index contributed by atoms with van der Waals surface area (Å²) in [4.78, 5) is 7.11. The Hall–Kier alpha value is -0.550. The predicted molar refractivity (Wildman–Crippen MR) is 60.8 cm³/mol. The van der Waals surface area contributed by atoms with E-state index in [9.17, 15) is 0 Å². The van der Waals surface area contributed by atoms with Gasteiger partial charge in [-0.05, 0) is 17.7 Å². The van der Waals surface area contributed by atoms with E-state index < -0.39 is 0 Å². The van der Waals surface area contributed by atoms with Crippen LogP contribution in [0.2, 0.25) is 0 Å². The first-order chi connectivity index (χ1) is 6.20. The van der Waals surface area contributed by atoms with E-state index in [4.69, 9.17) is 5.73 Å². The van der Waals surface area contributed by atoms with Crippen molar-refractivity contribution in [3.05, 3.63) is 22.2 Å². The maximum atomic E-state index is 5.54. The number of nitrogen functional groups attached to an aromatic ring is 1. The Morgan fingerprint density at radius 2 is 2.23 bits per heavy atom. The second-order valence-corrected chi connectivity index (χ2v) is 4.13. The lowest BCUT2D eigenvalue weighted by Crippen LogP contribution is -1.84. The second kappa shape index (κ2) is 3.31. The summed E-state index contributed by atoms with van der Waals surface area (Å²) in [6.45, 7) is 0. The normalized spacial score (nSPS) is 10.9. The van der Waals surface area contributed by atoms with Crippen molar-refractivity contribution in [1.82, 2.24) is 9.97 Å². The fraction of sp³-hybridized carbons (Fsp3) is 0.125. The van der Waals surface area contributed by atoms with E-state index in [1.807, 2.05) is 12.1 Å². The molecule has 3 N–H and O–H groups in total. The van der Waals surface area contributed by atoms with E-state index in [2.05, 4.69) is 41.8 Å². The number of nitrogens with one attached hydrogen (secondary N) is 1. The van der Waals surface area contributed by atoms with Gasteiger partial charge in [-0.15, -0.1) is 0 Å². The van der Waals surface area contributed by atoms with Crippen LogP contribution in [0.4, 0.5) is 5.95 Å². The third-order valence-corrected chi connectivity index (χ3v) is 3.15. The van der Waals surface area contributed by atoms with E-state index in [-0.39, 0.29) is 0 Å². The number of halogens is 2. The van der Waals surface area contributed by atoms with Gasteiger partial charge >= 0.3 is 0 Å². The van der Waals surface area contributed by atoms with Crippen molar-refractivity contribution < 1.29 is 0 Å². The minimum absolute atomic E-state index is 0.452. The molecule has 0 aliphatic rings. The number of aromatic nitrogens is 2. The molecule has 13 heavy (non-hydrogen) atoms. The van der Waals surface area contributed by atoms with Gasteiger partial charge in [0.1, 0.15) is 0 Å². The Morgan fingerprint density at radius 3 is 2.92 bits per heavy atom.